The van der Waals surface area contributed by atoms with E-state index in [1.165, 1.54) is 7.11 Å². The Kier molecular flexibility index (Phi) is 6.72. The molecule has 1 rings (SSSR count). The van der Waals surface area contributed by atoms with E-state index in [1.54, 1.807) is 0 Å². The van der Waals surface area contributed by atoms with E-state index in [1.807, 2.05) is 11.8 Å². The van der Waals surface area contributed by atoms with E-state index in [0.717, 1.165) is 6.42 Å². The Morgan fingerprint density at radius 1 is 1.22 bits per heavy atom. The number of piperidine rings is 1. The topological polar surface area (TPSA) is 55.8 Å². The molecule has 18 heavy (non-hydrogen) atoms. The molecule has 1 heterocycles. The second-order valence-corrected chi connectivity index (χ2v) is 4.54. The summed E-state index contributed by atoms with van der Waals surface area (Å²) in [4.78, 5) is 25.0. The summed E-state index contributed by atoms with van der Waals surface area (Å²) < 4.78 is 10.0. The molecular formula is C13H23NO4. The molecule has 104 valence electrons. The lowest BCUT2D eigenvalue weighted by atomic mass is 9.97. The first-order valence-electron chi connectivity index (χ1n) is 6.62. The Balaban J connectivity index is 2.21. The van der Waals surface area contributed by atoms with Crippen molar-refractivity contribution < 1.29 is 19.1 Å². The van der Waals surface area contributed by atoms with Gasteiger partial charge in [0.2, 0.25) is 5.91 Å². The van der Waals surface area contributed by atoms with Crippen LogP contribution in [-0.4, -0.2) is 50.2 Å². The highest BCUT2D eigenvalue weighted by atomic mass is 16.5. The molecule has 0 aromatic heterocycles. The lowest BCUT2D eigenvalue weighted by Gasteiger charge is -2.30. The number of esters is 1. The van der Waals surface area contributed by atoms with Gasteiger partial charge in [0, 0.05) is 19.7 Å². The molecule has 1 fully saturated rings. The fourth-order valence-corrected chi connectivity index (χ4v) is 2.10. The van der Waals surface area contributed by atoms with Crippen LogP contribution < -0.4 is 0 Å². The summed E-state index contributed by atoms with van der Waals surface area (Å²) in [7, 11) is 1.41. The van der Waals surface area contributed by atoms with Crippen LogP contribution in [-0.2, 0) is 19.1 Å². The molecule has 0 unspecified atom stereocenters. The van der Waals surface area contributed by atoms with Crippen molar-refractivity contribution in [2.45, 2.75) is 32.6 Å². The molecule has 1 aliphatic rings. The molecule has 1 saturated heterocycles. The minimum Gasteiger partial charge on any atom is -0.469 e. The molecule has 0 aromatic rings. The zero-order valence-corrected chi connectivity index (χ0v) is 11.3. The smallest absolute Gasteiger partial charge is 0.308 e. The molecule has 0 spiro atoms. The maximum absolute atomic E-state index is 11.8. The second-order valence-electron chi connectivity index (χ2n) is 4.54. The molecule has 0 aromatic carbocycles. The summed E-state index contributed by atoms with van der Waals surface area (Å²) >= 11 is 0. The van der Waals surface area contributed by atoms with Crippen LogP contribution >= 0.6 is 0 Å². The van der Waals surface area contributed by atoms with Gasteiger partial charge >= 0.3 is 5.97 Å². The molecule has 0 saturated carbocycles. The predicted molar refractivity (Wildman–Crippen MR) is 67.0 cm³/mol. The number of rotatable bonds is 6. The first-order chi connectivity index (χ1) is 8.69. The molecule has 1 amide bonds. The number of methoxy groups -OCH3 is 1. The molecule has 0 aliphatic carbocycles. The lowest BCUT2D eigenvalue weighted by molar-refractivity contribution is -0.149. The number of carbonyl (C=O) groups excluding carboxylic acids is 2. The average molecular weight is 257 g/mol. The number of hydrogen-bond acceptors (Lipinski definition) is 4. The molecule has 0 N–H and O–H groups in total. The van der Waals surface area contributed by atoms with Gasteiger partial charge in [0.05, 0.1) is 26.1 Å². The first-order valence-corrected chi connectivity index (χ1v) is 6.62. The number of ether oxygens (including phenoxy) is 2. The predicted octanol–water partition coefficient (Wildman–Crippen LogP) is 1.21. The van der Waals surface area contributed by atoms with Crippen LogP contribution in [0.3, 0.4) is 0 Å². The van der Waals surface area contributed by atoms with Gasteiger partial charge in [-0.25, -0.2) is 0 Å². The highest BCUT2D eigenvalue weighted by Crippen LogP contribution is 2.18. The van der Waals surface area contributed by atoms with Crippen molar-refractivity contribution in [3.8, 4) is 0 Å². The number of hydrogen-bond donors (Lipinski definition) is 0. The largest absolute Gasteiger partial charge is 0.469 e. The molecule has 0 atom stereocenters. The molecule has 1 aliphatic heterocycles. The highest BCUT2D eigenvalue weighted by molar-refractivity contribution is 5.77. The first kappa shape index (κ1) is 15.0. The highest BCUT2D eigenvalue weighted by Gasteiger charge is 2.27. The van der Waals surface area contributed by atoms with Crippen molar-refractivity contribution in [1.29, 1.82) is 0 Å². The van der Waals surface area contributed by atoms with Gasteiger partial charge in [0.25, 0.3) is 0 Å². The van der Waals surface area contributed by atoms with Gasteiger partial charge in [-0.15, -0.1) is 0 Å². The van der Waals surface area contributed by atoms with E-state index in [4.69, 9.17) is 9.47 Å². The number of carbonyl (C=O) groups is 2. The van der Waals surface area contributed by atoms with Crippen LogP contribution in [0.1, 0.15) is 32.6 Å². The van der Waals surface area contributed by atoms with Crippen LogP contribution in [0.5, 0.6) is 0 Å². The zero-order chi connectivity index (χ0) is 13.4. The van der Waals surface area contributed by atoms with Crippen LogP contribution in [0, 0.1) is 5.92 Å². The zero-order valence-electron chi connectivity index (χ0n) is 11.3. The molecule has 0 bridgehead atoms. The normalized spacial score (nSPS) is 16.7. The minimum absolute atomic E-state index is 0.0459. The van der Waals surface area contributed by atoms with Gasteiger partial charge < -0.3 is 14.4 Å². The van der Waals surface area contributed by atoms with Crippen molar-refractivity contribution in [2.75, 3.05) is 33.4 Å². The third kappa shape index (κ3) is 4.64. The maximum Gasteiger partial charge on any atom is 0.308 e. The molecule has 5 nitrogen and oxygen atoms in total. The fourth-order valence-electron chi connectivity index (χ4n) is 2.10. The Bertz CT molecular complexity index is 272. The van der Waals surface area contributed by atoms with Gasteiger partial charge in [-0.2, -0.15) is 0 Å². The van der Waals surface area contributed by atoms with Gasteiger partial charge in [-0.05, 0) is 19.3 Å². The van der Waals surface area contributed by atoms with Gasteiger partial charge in [0.1, 0.15) is 0 Å². The summed E-state index contributed by atoms with van der Waals surface area (Å²) in [6, 6.07) is 0. The standard InChI is InChI=1S/C13H23NO4/c1-3-9-18-10-6-12(15)14-7-4-11(5-8-14)13(16)17-2/h11H,3-10H2,1-2H3. The second kappa shape index (κ2) is 8.08. The summed E-state index contributed by atoms with van der Waals surface area (Å²) in [6.07, 6.45) is 2.81. The summed E-state index contributed by atoms with van der Waals surface area (Å²) in [5.74, 6) is -0.0850. The lowest BCUT2D eigenvalue weighted by Crippen LogP contribution is -2.40. The van der Waals surface area contributed by atoms with Crippen LogP contribution in [0.15, 0.2) is 0 Å². The summed E-state index contributed by atoms with van der Waals surface area (Å²) in [5.41, 5.74) is 0. The third-order valence-electron chi connectivity index (χ3n) is 3.19. The average Bonchev–Trinajstić information content (AvgIpc) is 2.42. The van der Waals surface area contributed by atoms with Crippen LogP contribution in [0.2, 0.25) is 0 Å². The fraction of sp³-hybridized carbons (Fsp3) is 0.846. The van der Waals surface area contributed by atoms with E-state index >= 15 is 0 Å². The molecule has 5 heteroatoms. The number of amides is 1. The van der Waals surface area contributed by atoms with Crippen molar-refractivity contribution >= 4 is 11.9 Å². The van der Waals surface area contributed by atoms with E-state index in [2.05, 4.69) is 0 Å². The Labute approximate surface area is 108 Å². The van der Waals surface area contributed by atoms with E-state index in [-0.39, 0.29) is 17.8 Å². The Morgan fingerprint density at radius 3 is 2.44 bits per heavy atom. The van der Waals surface area contributed by atoms with E-state index in [9.17, 15) is 9.59 Å². The van der Waals surface area contributed by atoms with Crippen molar-refractivity contribution in [3.05, 3.63) is 0 Å². The van der Waals surface area contributed by atoms with Crippen LogP contribution in [0.4, 0.5) is 0 Å². The Hall–Kier alpha value is -1.10. The summed E-state index contributed by atoms with van der Waals surface area (Å²) in [6.45, 7) is 4.53. The summed E-state index contributed by atoms with van der Waals surface area (Å²) in [5, 5.41) is 0. The van der Waals surface area contributed by atoms with Gasteiger partial charge in [-0.1, -0.05) is 6.92 Å². The molecular weight excluding hydrogens is 234 g/mol. The number of likely N-dealkylation sites (tertiary alicyclic amines) is 1. The quantitative estimate of drug-likeness (QED) is 0.530. The van der Waals surface area contributed by atoms with Crippen molar-refractivity contribution in [2.24, 2.45) is 5.92 Å². The van der Waals surface area contributed by atoms with Gasteiger partial charge in [-0.3, -0.25) is 9.59 Å². The Morgan fingerprint density at radius 2 is 1.89 bits per heavy atom. The maximum atomic E-state index is 11.8. The van der Waals surface area contributed by atoms with E-state index in [0.29, 0.717) is 45.6 Å². The van der Waals surface area contributed by atoms with Crippen LogP contribution in [0.25, 0.3) is 0 Å². The van der Waals surface area contributed by atoms with E-state index < -0.39 is 0 Å². The van der Waals surface area contributed by atoms with Crippen molar-refractivity contribution in [3.63, 3.8) is 0 Å². The minimum atomic E-state index is -0.159. The van der Waals surface area contributed by atoms with Crippen molar-refractivity contribution in [1.82, 2.24) is 4.90 Å². The molecule has 0 radical (unpaired) electrons. The number of nitrogens with zero attached hydrogens (tertiary/aromatic N) is 1. The van der Waals surface area contributed by atoms with Gasteiger partial charge in [0.15, 0.2) is 0 Å². The third-order valence-corrected chi connectivity index (χ3v) is 3.19. The monoisotopic (exact) mass is 257 g/mol. The SMILES string of the molecule is CCCOCCC(=O)N1CCC(C(=O)OC)CC1.